The molecule has 0 aliphatic carbocycles. The van der Waals surface area contributed by atoms with E-state index in [1.165, 1.54) is 13.0 Å². The summed E-state index contributed by atoms with van der Waals surface area (Å²) in [6, 6.07) is 8.81. The molecule has 0 aliphatic heterocycles. The van der Waals surface area contributed by atoms with Gasteiger partial charge in [0, 0.05) is 5.56 Å². The summed E-state index contributed by atoms with van der Waals surface area (Å²) in [7, 11) is 0. The van der Waals surface area contributed by atoms with Crippen LogP contribution in [0.15, 0.2) is 30.3 Å². The Morgan fingerprint density at radius 2 is 1.95 bits per heavy atom. The standard InChI is InChI=1S/C16H14F2N2O/c1-3-21-13-8-10(15(18)14(17)9(13)2)16-19-11-6-4-5-7-12(11)20-16/h4-8H,3H2,1-2H3,(H,19,20). The summed E-state index contributed by atoms with van der Waals surface area (Å²) in [6.07, 6.45) is 0. The molecule has 3 rings (SSSR count). The Morgan fingerprint density at radius 1 is 1.19 bits per heavy atom. The maximum Gasteiger partial charge on any atom is 0.170 e. The maximum atomic E-state index is 14.2. The van der Waals surface area contributed by atoms with E-state index in [1.54, 1.807) is 13.0 Å². The number of H-pyrrole nitrogens is 1. The number of rotatable bonds is 3. The molecular weight excluding hydrogens is 274 g/mol. The average Bonchev–Trinajstić information content (AvgIpc) is 2.91. The van der Waals surface area contributed by atoms with E-state index in [9.17, 15) is 8.78 Å². The van der Waals surface area contributed by atoms with Crippen molar-refractivity contribution in [3.8, 4) is 17.1 Å². The van der Waals surface area contributed by atoms with Crippen LogP contribution < -0.4 is 4.74 Å². The first-order valence-electron chi connectivity index (χ1n) is 6.68. The Hall–Kier alpha value is -2.43. The maximum absolute atomic E-state index is 14.2. The fraction of sp³-hybridized carbons (Fsp3) is 0.188. The molecule has 0 bridgehead atoms. The van der Waals surface area contributed by atoms with E-state index in [0.717, 1.165) is 5.52 Å². The largest absolute Gasteiger partial charge is 0.493 e. The lowest BCUT2D eigenvalue weighted by Gasteiger charge is -2.11. The van der Waals surface area contributed by atoms with Gasteiger partial charge in [0.25, 0.3) is 0 Å². The van der Waals surface area contributed by atoms with Crippen LogP contribution in [0.1, 0.15) is 12.5 Å². The van der Waals surface area contributed by atoms with Crippen molar-refractivity contribution in [2.45, 2.75) is 13.8 Å². The van der Waals surface area contributed by atoms with Gasteiger partial charge in [-0.2, -0.15) is 0 Å². The van der Waals surface area contributed by atoms with Gasteiger partial charge in [0.2, 0.25) is 0 Å². The number of aromatic nitrogens is 2. The molecule has 1 N–H and O–H groups in total. The minimum absolute atomic E-state index is 0.0674. The SMILES string of the molecule is CCOc1cc(-c2nc3ccccc3[nH]2)c(F)c(F)c1C. The lowest BCUT2D eigenvalue weighted by atomic mass is 10.1. The molecule has 2 aromatic carbocycles. The monoisotopic (exact) mass is 288 g/mol. The van der Waals surface area contributed by atoms with Crippen molar-refractivity contribution in [2.75, 3.05) is 6.61 Å². The van der Waals surface area contributed by atoms with Crippen LogP contribution >= 0.6 is 0 Å². The lowest BCUT2D eigenvalue weighted by molar-refractivity contribution is 0.333. The van der Waals surface area contributed by atoms with Crippen molar-refractivity contribution in [3.63, 3.8) is 0 Å². The highest BCUT2D eigenvalue weighted by molar-refractivity contribution is 5.79. The second-order valence-corrected chi connectivity index (χ2v) is 4.71. The summed E-state index contributed by atoms with van der Waals surface area (Å²) in [6.45, 7) is 3.67. The van der Waals surface area contributed by atoms with E-state index in [0.29, 0.717) is 17.9 Å². The summed E-state index contributed by atoms with van der Waals surface area (Å²) in [5.74, 6) is -1.22. The van der Waals surface area contributed by atoms with E-state index in [4.69, 9.17) is 4.74 Å². The summed E-state index contributed by atoms with van der Waals surface area (Å²) < 4.78 is 33.6. The van der Waals surface area contributed by atoms with Gasteiger partial charge < -0.3 is 9.72 Å². The number of nitrogens with one attached hydrogen (secondary N) is 1. The molecule has 0 amide bonds. The fourth-order valence-electron chi connectivity index (χ4n) is 2.25. The highest BCUT2D eigenvalue weighted by atomic mass is 19.2. The Balaban J connectivity index is 2.21. The zero-order valence-corrected chi connectivity index (χ0v) is 11.7. The van der Waals surface area contributed by atoms with Crippen LogP contribution in [0.4, 0.5) is 8.78 Å². The van der Waals surface area contributed by atoms with Gasteiger partial charge in [0.05, 0.1) is 23.2 Å². The molecule has 1 heterocycles. The van der Waals surface area contributed by atoms with Gasteiger partial charge >= 0.3 is 0 Å². The molecule has 5 heteroatoms. The Morgan fingerprint density at radius 3 is 2.67 bits per heavy atom. The van der Waals surface area contributed by atoms with E-state index in [2.05, 4.69) is 9.97 Å². The second kappa shape index (κ2) is 5.16. The number of ether oxygens (including phenoxy) is 1. The third kappa shape index (κ3) is 2.24. The highest BCUT2D eigenvalue weighted by Crippen LogP contribution is 2.32. The smallest absolute Gasteiger partial charge is 0.170 e. The molecular formula is C16H14F2N2O. The fourth-order valence-corrected chi connectivity index (χ4v) is 2.25. The molecule has 108 valence electrons. The van der Waals surface area contributed by atoms with Crippen LogP contribution in [0.3, 0.4) is 0 Å². The normalized spacial score (nSPS) is 11.0. The minimum Gasteiger partial charge on any atom is -0.493 e. The molecule has 0 atom stereocenters. The lowest BCUT2D eigenvalue weighted by Crippen LogP contribution is -2.01. The van der Waals surface area contributed by atoms with Gasteiger partial charge in [-0.25, -0.2) is 13.8 Å². The van der Waals surface area contributed by atoms with Crippen molar-refractivity contribution in [1.29, 1.82) is 0 Å². The third-order valence-corrected chi connectivity index (χ3v) is 3.35. The van der Waals surface area contributed by atoms with Gasteiger partial charge in [-0.15, -0.1) is 0 Å². The second-order valence-electron chi connectivity index (χ2n) is 4.71. The molecule has 3 aromatic rings. The zero-order valence-electron chi connectivity index (χ0n) is 11.7. The van der Waals surface area contributed by atoms with E-state index in [-0.39, 0.29) is 17.0 Å². The molecule has 0 spiro atoms. The van der Waals surface area contributed by atoms with Crippen LogP contribution in [0, 0.1) is 18.6 Å². The van der Waals surface area contributed by atoms with E-state index < -0.39 is 11.6 Å². The van der Waals surface area contributed by atoms with Crippen LogP contribution in [-0.2, 0) is 0 Å². The third-order valence-electron chi connectivity index (χ3n) is 3.35. The van der Waals surface area contributed by atoms with Crippen molar-refractivity contribution in [3.05, 3.63) is 47.5 Å². The number of fused-ring (bicyclic) bond motifs is 1. The number of hydrogen-bond acceptors (Lipinski definition) is 2. The molecule has 3 nitrogen and oxygen atoms in total. The molecule has 0 unspecified atom stereocenters. The van der Waals surface area contributed by atoms with Crippen LogP contribution in [0.2, 0.25) is 0 Å². The summed E-state index contributed by atoms with van der Waals surface area (Å²) in [5.41, 5.74) is 1.70. The predicted molar refractivity (Wildman–Crippen MR) is 77.4 cm³/mol. The summed E-state index contributed by atoms with van der Waals surface area (Å²) in [4.78, 5) is 7.29. The zero-order chi connectivity index (χ0) is 15.0. The Bertz CT molecular complexity index is 778. The molecule has 0 saturated carbocycles. The molecule has 0 fully saturated rings. The van der Waals surface area contributed by atoms with Gasteiger partial charge in [-0.1, -0.05) is 12.1 Å². The average molecular weight is 288 g/mol. The molecule has 0 aliphatic rings. The first-order chi connectivity index (χ1) is 10.1. The Kier molecular flexibility index (Phi) is 3.33. The first kappa shape index (κ1) is 13.5. The number of hydrogen-bond donors (Lipinski definition) is 1. The van der Waals surface area contributed by atoms with Crippen LogP contribution in [0.25, 0.3) is 22.4 Å². The topological polar surface area (TPSA) is 37.9 Å². The molecule has 1 aromatic heterocycles. The van der Waals surface area contributed by atoms with Crippen molar-refractivity contribution in [1.82, 2.24) is 9.97 Å². The van der Waals surface area contributed by atoms with Gasteiger partial charge in [-0.05, 0) is 32.0 Å². The van der Waals surface area contributed by atoms with Gasteiger partial charge in [0.15, 0.2) is 11.6 Å². The van der Waals surface area contributed by atoms with E-state index >= 15 is 0 Å². The highest BCUT2D eigenvalue weighted by Gasteiger charge is 2.19. The predicted octanol–water partition coefficient (Wildman–Crippen LogP) is 4.22. The summed E-state index contributed by atoms with van der Waals surface area (Å²) >= 11 is 0. The number of benzene rings is 2. The first-order valence-corrected chi connectivity index (χ1v) is 6.68. The summed E-state index contributed by atoms with van der Waals surface area (Å²) in [5, 5.41) is 0. The minimum atomic E-state index is -0.921. The van der Waals surface area contributed by atoms with Gasteiger partial charge in [0.1, 0.15) is 11.6 Å². The molecule has 0 saturated heterocycles. The van der Waals surface area contributed by atoms with Crippen LogP contribution in [-0.4, -0.2) is 16.6 Å². The number of nitrogens with zero attached hydrogens (tertiary/aromatic N) is 1. The van der Waals surface area contributed by atoms with Crippen molar-refractivity contribution in [2.24, 2.45) is 0 Å². The Labute approximate surface area is 120 Å². The van der Waals surface area contributed by atoms with Crippen molar-refractivity contribution < 1.29 is 13.5 Å². The number of imidazole rings is 1. The number of para-hydroxylation sites is 2. The quantitative estimate of drug-likeness (QED) is 0.783. The molecule has 0 radical (unpaired) electrons. The van der Waals surface area contributed by atoms with Crippen LogP contribution in [0.5, 0.6) is 5.75 Å². The van der Waals surface area contributed by atoms with E-state index in [1.807, 2.05) is 18.2 Å². The molecule has 21 heavy (non-hydrogen) atoms. The number of aromatic amines is 1. The van der Waals surface area contributed by atoms with Gasteiger partial charge in [-0.3, -0.25) is 0 Å². The van der Waals surface area contributed by atoms with Crippen molar-refractivity contribution >= 4 is 11.0 Å². The number of halogens is 2.